The Balaban J connectivity index is 2.03. The van der Waals surface area contributed by atoms with Gasteiger partial charge in [-0.25, -0.2) is 8.42 Å². The number of rotatable bonds is 3. The molecule has 0 bridgehead atoms. The Hall–Kier alpha value is -2.05. The van der Waals surface area contributed by atoms with Crippen molar-refractivity contribution in [3.05, 3.63) is 53.1 Å². The van der Waals surface area contributed by atoms with Crippen LogP contribution in [-0.2, 0) is 10.0 Å². The Morgan fingerprint density at radius 1 is 1.19 bits per heavy atom. The van der Waals surface area contributed by atoms with Crippen molar-refractivity contribution in [2.24, 2.45) is 0 Å². The molecule has 0 saturated heterocycles. The second-order valence-corrected chi connectivity index (χ2v) is 6.72. The fraction of sp³-hybridized carbons (Fsp3) is 0.0714. The number of hydrogen-bond donors (Lipinski definition) is 2. The van der Waals surface area contributed by atoms with E-state index in [9.17, 15) is 8.42 Å². The largest absolute Gasteiger partial charge is 0.276 e. The monoisotopic (exact) mass is 321 g/mol. The zero-order valence-corrected chi connectivity index (χ0v) is 12.7. The van der Waals surface area contributed by atoms with E-state index in [2.05, 4.69) is 14.9 Å². The highest BCUT2D eigenvalue weighted by atomic mass is 35.5. The van der Waals surface area contributed by atoms with Crippen LogP contribution in [0.2, 0.25) is 5.02 Å². The van der Waals surface area contributed by atoms with Gasteiger partial charge in [0.2, 0.25) is 0 Å². The fourth-order valence-corrected chi connectivity index (χ4v) is 3.61. The van der Waals surface area contributed by atoms with E-state index in [1.54, 1.807) is 25.1 Å². The number of hydrogen-bond acceptors (Lipinski definition) is 3. The molecule has 0 aliphatic rings. The SMILES string of the molecule is Cc1cc(Cl)ccc1S(=O)(=O)Nc1n[nH]c2ccccc12. The maximum atomic E-state index is 12.5. The van der Waals surface area contributed by atoms with Crippen LogP contribution in [-0.4, -0.2) is 18.6 Å². The average Bonchev–Trinajstić information content (AvgIpc) is 2.81. The van der Waals surface area contributed by atoms with Gasteiger partial charge in [0.05, 0.1) is 10.4 Å². The zero-order valence-electron chi connectivity index (χ0n) is 11.1. The van der Waals surface area contributed by atoms with E-state index >= 15 is 0 Å². The Labute approximate surface area is 127 Å². The summed E-state index contributed by atoms with van der Waals surface area (Å²) in [5, 5.41) is 8.01. The number of fused-ring (bicyclic) bond motifs is 1. The molecule has 1 heterocycles. The van der Waals surface area contributed by atoms with E-state index in [1.807, 2.05) is 18.2 Å². The van der Waals surface area contributed by atoms with Gasteiger partial charge in [-0.3, -0.25) is 9.82 Å². The third kappa shape index (κ3) is 2.59. The Kier molecular flexibility index (Phi) is 3.35. The third-order valence-corrected chi connectivity index (χ3v) is 4.86. The van der Waals surface area contributed by atoms with Gasteiger partial charge in [0, 0.05) is 10.4 Å². The van der Waals surface area contributed by atoms with E-state index in [1.165, 1.54) is 6.07 Å². The lowest BCUT2D eigenvalue weighted by Gasteiger charge is -2.09. The summed E-state index contributed by atoms with van der Waals surface area (Å²) in [6.45, 7) is 1.70. The highest BCUT2D eigenvalue weighted by molar-refractivity contribution is 7.92. The first kappa shape index (κ1) is 13.9. The summed E-state index contributed by atoms with van der Waals surface area (Å²) in [6.07, 6.45) is 0. The summed E-state index contributed by atoms with van der Waals surface area (Å²) in [5.74, 6) is 0.278. The number of anilines is 1. The van der Waals surface area contributed by atoms with Crippen LogP contribution in [0.15, 0.2) is 47.4 Å². The topological polar surface area (TPSA) is 74.8 Å². The number of para-hydroxylation sites is 1. The van der Waals surface area contributed by atoms with E-state index in [4.69, 9.17) is 11.6 Å². The van der Waals surface area contributed by atoms with Gasteiger partial charge in [-0.2, -0.15) is 5.10 Å². The van der Waals surface area contributed by atoms with Crippen molar-refractivity contribution in [3.8, 4) is 0 Å². The van der Waals surface area contributed by atoms with Gasteiger partial charge in [-0.15, -0.1) is 0 Å². The molecule has 0 spiro atoms. The van der Waals surface area contributed by atoms with Crippen LogP contribution in [0.5, 0.6) is 0 Å². The van der Waals surface area contributed by atoms with Gasteiger partial charge < -0.3 is 0 Å². The standard InChI is InChI=1S/C14H12ClN3O2S/c1-9-8-10(15)6-7-13(9)21(19,20)18-14-11-4-2-3-5-12(11)16-17-14/h2-8H,1H3,(H2,16,17,18). The first-order chi connectivity index (χ1) is 9.97. The van der Waals surface area contributed by atoms with Crippen molar-refractivity contribution in [1.29, 1.82) is 0 Å². The summed E-state index contributed by atoms with van der Waals surface area (Å²) in [4.78, 5) is 0.180. The van der Waals surface area contributed by atoms with Crippen LogP contribution in [0.25, 0.3) is 10.9 Å². The Morgan fingerprint density at radius 3 is 2.71 bits per heavy atom. The Bertz CT molecular complexity index is 919. The average molecular weight is 322 g/mol. The molecular formula is C14H12ClN3O2S. The number of aromatic nitrogens is 2. The summed E-state index contributed by atoms with van der Waals surface area (Å²) in [5.41, 5.74) is 1.35. The first-order valence-corrected chi connectivity index (χ1v) is 8.05. The van der Waals surface area contributed by atoms with Gasteiger partial charge in [-0.1, -0.05) is 23.7 Å². The van der Waals surface area contributed by atoms with E-state index < -0.39 is 10.0 Å². The van der Waals surface area contributed by atoms with Crippen molar-refractivity contribution in [2.45, 2.75) is 11.8 Å². The van der Waals surface area contributed by atoms with Gasteiger partial charge in [0.25, 0.3) is 10.0 Å². The van der Waals surface area contributed by atoms with Crippen LogP contribution in [0.4, 0.5) is 5.82 Å². The van der Waals surface area contributed by atoms with Crippen molar-refractivity contribution >= 4 is 38.3 Å². The molecule has 0 saturated carbocycles. The maximum Gasteiger partial charge on any atom is 0.263 e. The van der Waals surface area contributed by atoms with Crippen LogP contribution in [0.1, 0.15) is 5.56 Å². The molecule has 0 fully saturated rings. The summed E-state index contributed by atoms with van der Waals surface area (Å²) in [6, 6.07) is 11.9. The molecule has 2 N–H and O–H groups in total. The first-order valence-electron chi connectivity index (χ1n) is 6.19. The van der Waals surface area contributed by atoms with E-state index in [0.29, 0.717) is 16.0 Å². The van der Waals surface area contributed by atoms with Gasteiger partial charge in [0.1, 0.15) is 0 Å². The van der Waals surface area contributed by atoms with Crippen LogP contribution >= 0.6 is 11.6 Å². The molecule has 1 aromatic heterocycles. The van der Waals surface area contributed by atoms with Crippen LogP contribution < -0.4 is 4.72 Å². The van der Waals surface area contributed by atoms with Crippen LogP contribution in [0.3, 0.4) is 0 Å². The minimum atomic E-state index is -3.71. The molecule has 0 aliphatic heterocycles. The predicted molar refractivity (Wildman–Crippen MR) is 83.1 cm³/mol. The number of aryl methyl sites for hydroxylation is 1. The molecule has 108 valence electrons. The van der Waals surface area contributed by atoms with Gasteiger partial charge in [0.15, 0.2) is 5.82 Å². The Morgan fingerprint density at radius 2 is 1.95 bits per heavy atom. The second-order valence-electron chi connectivity index (χ2n) is 4.63. The number of nitrogens with zero attached hydrogens (tertiary/aromatic N) is 1. The molecule has 2 aromatic carbocycles. The molecule has 0 radical (unpaired) electrons. The van der Waals surface area contributed by atoms with Crippen molar-refractivity contribution in [1.82, 2.24) is 10.2 Å². The zero-order chi connectivity index (χ0) is 15.0. The number of nitrogens with one attached hydrogen (secondary N) is 2. The number of aromatic amines is 1. The molecule has 0 aliphatic carbocycles. The molecule has 0 unspecified atom stereocenters. The van der Waals surface area contributed by atoms with Gasteiger partial charge >= 0.3 is 0 Å². The van der Waals surface area contributed by atoms with E-state index in [0.717, 1.165) is 5.52 Å². The maximum absolute atomic E-state index is 12.5. The highest BCUT2D eigenvalue weighted by Gasteiger charge is 2.19. The number of sulfonamides is 1. The molecule has 5 nitrogen and oxygen atoms in total. The number of benzene rings is 2. The molecule has 3 aromatic rings. The minimum Gasteiger partial charge on any atom is -0.276 e. The molecule has 0 atom stereocenters. The van der Waals surface area contributed by atoms with Crippen molar-refractivity contribution < 1.29 is 8.42 Å². The van der Waals surface area contributed by atoms with Crippen molar-refractivity contribution in [3.63, 3.8) is 0 Å². The quantitative estimate of drug-likeness (QED) is 0.777. The lowest BCUT2D eigenvalue weighted by atomic mass is 10.2. The summed E-state index contributed by atoms with van der Waals surface area (Å²) in [7, 11) is -3.71. The highest BCUT2D eigenvalue weighted by Crippen LogP contribution is 2.25. The lowest BCUT2D eigenvalue weighted by Crippen LogP contribution is -2.14. The smallest absolute Gasteiger partial charge is 0.263 e. The summed E-state index contributed by atoms with van der Waals surface area (Å²) >= 11 is 5.86. The molecular weight excluding hydrogens is 310 g/mol. The molecule has 7 heteroatoms. The molecule has 0 amide bonds. The predicted octanol–water partition coefficient (Wildman–Crippen LogP) is 3.33. The minimum absolute atomic E-state index is 0.180. The van der Waals surface area contributed by atoms with E-state index in [-0.39, 0.29) is 10.7 Å². The molecule has 21 heavy (non-hydrogen) atoms. The number of H-pyrrole nitrogens is 1. The fourth-order valence-electron chi connectivity index (χ4n) is 2.14. The second kappa shape index (κ2) is 5.05. The third-order valence-electron chi connectivity index (χ3n) is 3.13. The van der Waals surface area contributed by atoms with Crippen LogP contribution in [0, 0.1) is 6.92 Å². The molecule has 3 rings (SSSR count). The van der Waals surface area contributed by atoms with Crippen molar-refractivity contribution in [2.75, 3.05) is 4.72 Å². The summed E-state index contributed by atoms with van der Waals surface area (Å²) < 4.78 is 27.4. The number of halogens is 1. The van der Waals surface area contributed by atoms with Gasteiger partial charge in [-0.05, 0) is 42.8 Å². The lowest BCUT2D eigenvalue weighted by molar-refractivity contribution is 0.600. The normalized spacial score (nSPS) is 11.7.